The van der Waals surface area contributed by atoms with Crippen LogP contribution in [-0.2, 0) is 37.3 Å². The van der Waals surface area contributed by atoms with E-state index >= 15 is 0 Å². The summed E-state index contributed by atoms with van der Waals surface area (Å²) in [6.07, 6.45) is 1.94. The molecule has 0 spiro atoms. The minimum absolute atomic E-state index is 0. The maximum absolute atomic E-state index is 4.97. The normalized spacial score (nSPS) is 13.2. The van der Waals surface area contributed by atoms with Crippen LogP contribution in [-0.4, -0.2) is 16.3 Å². The average molecular weight is 963 g/mol. The molecule has 6 aromatic carbocycles. The van der Waals surface area contributed by atoms with Crippen molar-refractivity contribution in [1.82, 2.24) is 9.55 Å². The van der Waals surface area contributed by atoms with Crippen LogP contribution in [0.2, 0.25) is 0 Å². The summed E-state index contributed by atoms with van der Waals surface area (Å²) in [5.41, 5.74) is 13.6. The standard InChI is InChI=1S/C54H52BN4.Pt/c1-52(2,3)37-18-17-21-43(31-37)57-36-58(49-25-16-15-24-48(49)57)44-32-39(54(7,8)9)30-42(34-44)55(40-19-11-10-12-20-40)41-26-27-46-45-22-13-14-23-47(45)59(50(46)35-41)51-33-38(28-29-56-51)53(4,5)6;/h10-33,36H,1-9H3;/q-3;. The molecule has 3 heterocycles. The van der Waals surface area contributed by atoms with Gasteiger partial charge in [-0.3, -0.25) is 0 Å². The summed E-state index contributed by atoms with van der Waals surface area (Å²) in [5.74, 6) is 0.901. The Kier molecular flexibility index (Phi) is 10.7. The molecule has 0 unspecified atom stereocenters. The van der Waals surface area contributed by atoms with Crippen LogP contribution in [0.1, 0.15) is 79.0 Å². The summed E-state index contributed by atoms with van der Waals surface area (Å²) >= 11 is 0. The molecule has 2 aromatic heterocycles. The van der Waals surface area contributed by atoms with Gasteiger partial charge in [-0.2, -0.15) is 46.8 Å². The van der Waals surface area contributed by atoms with Gasteiger partial charge in [-0.15, -0.1) is 23.8 Å². The summed E-state index contributed by atoms with van der Waals surface area (Å²) in [5, 5.41) is 2.35. The molecule has 4 nitrogen and oxygen atoms in total. The van der Waals surface area contributed by atoms with Gasteiger partial charge in [0.25, 0.3) is 0 Å². The van der Waals surface area contributed by atoms with Crippen molar-refractivity contribution < 1.29 is 21.1 Å². The topological polar surface area (TPSA) is 24.3 Å². The smallest absolute Gasteiger partial charge is 0.191 e. The maximum atomic E-state index is 4.97. The van der Waals surface area contributed by atoms with Crippen molar-refractivity contribution in [2.75, 3.05) is 9.80 Å². The van der Waals surface area contributed by atoms with Gasteiger partial charge >= 0.3 is 0 Å². The first-order valence-corrected chi connectivity index (χ1v) is 20.8. The number of benzene rings is 6. The van der Waals surface area contributed by atoms with Crippen molar-refractivity contribution in [3.63, 3.8) is 0 Å². The molecule has 0 N–H and O–H groups in total. The number of fused-ring (bicyclic) bond motifs is 4. The number of pyridine rings is 1. The molecule has 0 saturated heterocycles. The fourth-order valence-corrected chi connectivity index (χ4v) is 8.42. The summed E-state index contributed by atoms with van der Waals surface area (Å²) < 4.78 is 2.30. The Hall–Kier alpha value is -5.38. The van der Waals surface area contributed by atoms with Crippen LogP contribution in [0.3, 0.4) is 0 Å². The number of hydrogen-bond acceptors (Lipinski definition) is 3. The Morgan fingerprint density at radius 2 is 1.18 bits per heavy atom. The van der Waals surface area contributed by atoms with Gasteiger partial charge < -0.3 is 14.4 Å². The molecule has 0 aliphatic carbocycles. The average Bonchev–Trinajstić information content (AvgIpc) is 3.77. The van der Waals surface area contributed by atoms with Gasteiger partial charge in [0.2, 0.25) is 0 Å². The molecular formula is C54H52BN4Pt-3. The van der Waals surface area contributed by atoms with Gasteiger partial charge in [0.1, 0.15) is 5.82 Å². The van der Waals surface area contributed by atoms with Crippen molar-refractivity contribution in [3.8, 4) is 5.82 Å². The van der Waals surface area contributed by atoms with Crippen LogP contribution in [0.25, 0.3) is 27.6 Å². The summed E-state index contributed by atoms with van der Waals surface area (Å²) in [6, 6.07) is 58.8. The van der Waals surface area contributed by atoms with E-state index < -0.39 is 0 Å². The van der Waals surface area contributed by atoms with E-state index in [2.05, 4.69) is 235 Å². The molecule has 0 bridgehead atoms. The van der Waals surface area contributed by atoms with Gasteiger partial charge in [0.15, 0.2) is 6.71 Å². The van der Waals surface area contributed by atoms with E-state index in [0.29, 0.717) is 0 Å². The van der Waals surface area contributed by atoms with Gasteiger partial charge in [0, 0.05) is 49.8 Å². The number of aromatic nitrogens is 2. The molecule has 1 aliphatic rings. The number of anilines is 4. The monoisotopic (exact) mass is 962 g/mol. The summed E-state index contributed by atoms with van der Waals surface area (Å²) in [6.45, 7) is 22.6. The molecule has 304 valence electrons. The van der Waals surface area contributed by atoms with Crippen LogP contribution >= 0.6 is 0 Å². The number of hydrogen-bond donors (Lipinski definition) is 0. The number of rotatable bonds is 6. The Morgan fingerprint density at radius 3 is 1.90 bits per heavy atom. The molecule has 6 heteroatoms. The second-order valence-electron chi connectivity index (χ2n) is 19.1. The molecule has 8 aromatic rings. The fourth-order valence-electron chi connectivity index (χ4n) is 8.42. The van der Waals surface area contributed by atoms with Crippen molar-refractivity contribution in [2.24, 2.45) is 0 Å². The van der Waals surface area contributed by atoms with Gasteiger partial charge in [-0.05, 0) is 75.2 Å². The molecule has 0 amide bonds. The zero-order chi connectivity index (χ0) is 41.3. The van der Waals surface area contributed by atoms with Crippen LogP contribution in [0.15, 0.2) is 146 Å². The zero-order valence-corrected chi connectivity index (χ0v) is 38.4. The third-order valence-electron chi connectivity index (χ3n) is 11.8. The largest absolute Gasteiger partial charge is 0.493 e. The van der Waals surface area contributed by atoms with E-state index in [1.54, 1.807) is 0 Å². The fraction of sp³-hybridized carbons (Fsp3) is 0.222. The SMILES string of the molecule is CC(C)(C)c1cc(B(c2[c-]c3c(cc2)c2ccccc2n3-c2cc(C(C)(C)C)ccn2)c2ccccc2)[c-]c(N2[CH-]N(c3cccc(C(C)(C)C)c3)c3ccccc32)c1.[Pt]. The summed E-state index contributed by atoms with van der Waals surface area (Å²) in [7, 11) is 0. The molecule has 0 saturated carbocycles. The minimum Gasteiger partial charge on any atom is -0.493 e. The van der Waals surface area contributed by atoms with E-state index in [1.807, 2.05) is 6.20 Å². The van der Waals surface area contributed by atoms with Crippen LogP contribution in [0, 0.1) is 18.8 Å². The van der Waals surface area contributed by atoms with Crippen molar-refractivity contribution >= 4 is 67.7 Å². The van der Waals surface area contributed by atoms with Gasteiger partial charge in [0.05, 0.1) is 0 Å². The zero-order valence-electron chi connectivity index (χ0n) is 36.1. The second kappa shape index (κ2) is 15.6. The molecule has 0 fully saturated rings. The van der Waals surface area contributed by atoms with E-state index in [1.165, 1.54) is 27.5 Å². The van der Waals surface area contributed by atoms with Crippen molar-refractivity contribution in [3.05, 3.63) is 181 Å². The Bertz CT molecular complexity index is 2840. The first-order valence-electron chi connectivity index (χ1n) is 20.8. The number of para-hydroxylation sites is 3. The van der Waals surface area contributed by atoms with Crippen molar-refractivity contribution in [1.29, 1.82) is 0 Å². The Morgan fingerprint density at radius 1 is 0.533 bits per heavy atom. The van der Waals surface area contributed by atoms with E-state index in [0.717, 1.165) is 55.9 Å². The van der Waals surface area contributed by atoms with Crippen molar-refractivity contribution in [2.45, 2.75) is 78.6 Å². The van der Waals surface area contributed by atoms with E-state index in [4.69, 9.17) is 4.98 Å². The maximum Gasteiger partial charge on any atom is 0.191 e. The molecule has 1 aliphatic heterocycles. The Labute approximate surface area is 371 Å². The first kappa shape index (κ1) is 41.4. The van der Waals surface area contributed by atoms with Gasteiger partial charge in [-0.1, -0.05) is 146 Å². The first-order chi connectivity index (χ1) is 28.1. The second-order valence-corrected chi connectivity index (χ2v) is 19.1. The predicted octanol–water partition coefficient (Wildman–Crippen LogP) is 11.6. The van der Waals surface area contributed by atoms with Gasteiger partial charge in [-0.25, -0.2) is 4.98 Å². The van der Waals surface area contributed by atoms with E-state index in [-0.39, 0.29) is 44.0 Å². The third-order valence-corrected chi connectivity index (χ3v) is 11.8. The summed E-state index contributed by atoms with van der Waals surface area (Å²) in [4.78, 5) is 9.60. The van der Waals surface area contributed by atoms with Crippen LogP contribution in [0.4, 0.5) is 22.7 Å². The third kappa shape index (κ3) is 7.62. The van der Waals surface area contributed by atoms with Crippen LogP contribution < -0.4 is 26.2 Å². The molecular weight excluding hydrogens is 911 g/mol. The minimum atomic E-state index is -0.139. The predicted molar refractivity (Wildman–Crippen MR) is 251 cm³/mol. The van der Waals surface area contributed by atoms with Crippen LogP contribution in [0.5, 0.6) is 0 Å². The number of nitrogens with zero attached hydrogens (tertiary/aromatic N) is 4. The molecule has 60 heavy (non-hydrogen) atoms. The molecule has 0 radical (unpaired) electrons. The quantitative estimate of drug-likeness (QED) is 0.123. The molecule has 9 rings (SSSR count). The Balaban J connectivity index is 0.00000499. The van der Waals surface area contributed by atoms with E-state index in [9.17, 15) is 0 Å². The molecule has 0 atom stereocenters.